The van der Waals surface area contributed by atoms with Crippen LogP contribution in [0.5, 0.6) is 5.75 Å². The highest BCUT2D eigenvalue weighted by molar-refractivity contribution is 7.90. The minimum absolute atomic E-state index is 0.0224. The van der Waals surface area contributed by atoms with Gasteiger partial charge in [0.05, 0.1) is 10.7 Å². The molecule has 2 aliphatic rings. The Labute approximate surface area is 225 Å². The second-order valence-electron chi connectivity index (χ2n) is 10.4. The molecule has 2 unspecified atom stereocenters. The van der Waals surface area contributed by atoms with E-state index in [0.29, 0.717) is 25.3 Å². The summed E-state index contributed by atoms with van der Waals surface area (Å²) in [6, 6.07) is 14.6. The van der Waals surface area contributed by atoms with Crippen LogP contribution in [0, 0.1) is 22.9 Å². The van der Waals surface area contributed by atoms with E-state index in [1.54, 1.807) is 12.1 Å². The molecule has 0 aliphatic heterocycles. The zero-order valence-electron chi connectivity index (χ0n) is 21.1. The maximum atomic E-state index is 15.1. The lowest BCUT2D eigenvalue weighted by molar-refractivity contribution is -0.127. The summed E-state index contributed by atoms with van der Waals surface area (Å²) in [4.78, 5) is 12.6. The van der Waals surface area contributed by atoms with E-state index in [0.717, 1.165) is 5.56 Å². The molecule has 0 aromatic heterocycles. The molecule has 2 saturated carbocycles. The van der Waals surface area contributed by atoms with Crippen LogP contribution >= 0.6 is 0 Å². The molecule has 3 aromatic carbocycles. The number of sulfonamides is 1. The number of hydrogen-bond acceptors (Lipinski definition) is 4. The monoisotopic (exact) mass is 558 g/mol. The topological polar surface area (TPSA) is 98.5 Å². The summed E-state index contributed by atoms with van der Waals surface area (Å²) >= 11 is 0. The Bertz CT molecular complexity index is 1500. The van der Waals surface area contributed by atoms with Crippen molar-refractivity contribution in [1.29, 1.82) is 0 Å². The van der Waals surface area contributed by atoms with E-state index in [1.807, 2.05) is 18.2 Å². The number of nitrogens with two attached hydrogens (primary N) is 1. The molecule has 10 heteroatoms. The van der Waals surface area contributed by atoms with Gasteiger partial charge >= 0.3 is 0 Å². The molecule has 3 N–H and O–H groups in total. The van der Waals surface area contributed by atoms with Crippen molar-refractivity contribution in [3.8, 4) is 16.9 Å². The van der Waals surface area contributed by atoms with Crippen LogP contribution in [-0.4, -0.2) is 25.6 Å². The standard InChI is InChI=1S/C29H29F3N2O4S/c30-24-8-4-7-22(27(24)38-17-18-5-2-1-3-6-18)23-13-19(25(31)14-26(23)32)15-29(28(33)35)12-11-20(16-29)34-39(36,37)21-9-10-21/h1-8,13-14,20-21,34H,9-12,15-17H2,(H2,33,35). The van der Waals surface area contributed by atoms with E-state index in [9.17, 15) is 17.6 Å². The van der Waals surface area contributed by atoms with Crippen molar-refractivity contribution >= 4 is 15.9 Å². The molecular formula is C29H29F3N2O4S. The summed E-state index contributed by atoms with van der Waals surface area (Å²) in [7, 11) is -3.49. The molecule has 5 rings (SSSR count). The Morgan fingerprint density at radius 3 is 2.38 bits per heavy atom. The van der Waals surface area contributed by atoms with Crippen molar-refractivity contribution < 1.29 is 31.1 Å². The molecule has 206 valence electrons. The molecule has 0 saturated heterocycles. The predicted octanol–water partition coefficient (Wildman–Crippen LogP) is 5.00. The van der Waals surface area contributed by atoms with Crippen molar-refractivity contribution in [2.24, 2.45) is 11.1 Å². The van der Waals surface area contributed by atoms with Gasteiger partial charge in [0.1, 0.15) is 18.2 Å². The predicted molar refractivity (Wildman–Crippen MR) is 141 cm³/mol. The number of benzene rings is 3. The fourth-order valence-electron chi connectivity index (χ4n) is 5.30. The average Bonchev–Trinajstić information content (AvgIpc) is 3.68. The lowest BCUT2D eigenvalue weighted by Crippen LogP contribution is -2.41. The molecule has 0 heterocycles. The lowest BCUT2D eigenvalue weighted by Gasteiger charge is -2.26. The molecule has 2 atom stereocenters. The number of amides is 1. The minimum atomic E-state index is -3.49. The Kier molecular flexibility index (Phi) is 7.43. The number of hydrogen-bond donors (Lipinski definition) is 2. The van der Waals surface area contributed by atoms with Crippen LogP contribution in [0.4, 0.5) is 13.2 Å². The van der Waals surface area contributed by atoms with Crippen LogP contribution in [0.15, 0.2) is 60.7 Å². The number of carbonyl (C=O) groups is 1. The summed E-state index contributed by atoms with van der Waals surface area (Å²) in [6.45, 7) is 0.0351. The highest BCUT2D eigenvalue weighted by Crippen LogP contribution is 2.44. The van der Waals surface area contributed by atoms with Gasteiger partial charge in [-0.05, 0) is 61.8 Å². The van der Waals surface area contributed by atoms with Crippen LogP contribution in [0.3, 0.4) is 0 Å². The zero-order chi connectivity index (χ0) is 27.8. The Morgan fingerprint density at radius 2 is 1.69 bits per heavy atom. The largest absolute Gasteiger partial charge is 0.485 e. The second-order valence-corrected chi connectivity index (χ2v) is 12.4. The van der Waals surface area contributed by atoms with Crippen molar-refractivity contribution in [3.63, 3.8) is 0 Å². The second kappa shape index (κ2) is 10.7. The van der Waals surface area contributed by atoms with Crippen LogP contribution < -0.4 is 15.2 Å². The van der Waals surface area contributed by atoms with Gasteiger partial charge in [0.25, 0.3) is 0 Å². The van der Waals surface area contributed by atoms with Crippen molar-refractivity contribution in [1.82, 2.24) is 4.72 Å². The first-order chi connectivity index (χ1) is 18.6. The Hall–Kier alpha value is -3.37. The van der Waals surface area contributed by atoms with E-state index < -0.39 is 50.1 Å². The third kappa shape index (κ3) is 5.81. The fourth-order valence-corrected chi connectivity index (χ4v) is 6.92. The highest BCUT2D eigenvalue weighted by atomic mass is 32.2. The molecule has 6 nitrogen and oxygen atoms in total. The van der Waals surface area contributed by atoms with Gasteiger partial charge in [-0.15, -0.1) is 0 Å². The van der Waals surface area contributed by atoms with E-state index in [2.05, 4.69) is 4.72 Å². The highest BCUT2D eigenvalue weighted by Gasteiger charge is 2.47. The van der Waals surface area contributed by atoms with Crippen LogP contribution in [-0.2, 0) is 27.8 Å². The number of ether oxygens (including phenoxy) is 1. The first-order valence-electron chi connectivity index (χ1n) is 12.8. The summed E-state index contributed by atoms with van der Waals surface area (Å²) in [5.74, 6) is -3.36. The summed E-state index contributed by atoms with van der Waals surface area (Å²) in [5.41, 5.74) is 5.36. The van der Waals surface area contributed by atoms with Gasteiger partial charge in [-0.2, -0.15) is 0 Å². The summed E-state index contributed by atoms with van der Waals surface area (Å²) in [6.07, 6.45) is 1.77. The lowest BCUT2D eigenvalue weighted by atomic mass is 9.78. The van der Waals surface area contributed by atoms with Crippen molar-refractivity contribution in [2.75, 3.05) is 0 Å². The van der Waals surface area contributed by atoms with Gasteiger partial charge in [0.15, 0.2) is 11.6 Å². The molecule has 0 spiro atoms. The SMILES string of the molecule is NC(=O)C1(Cc2cc(-c3cccc(F)c3OCc3ccccc3)c(F)cc2F)CCC(NS(=O)(=O)C2CC2)C1. The third-order valence-corrected chi connectivity index (χ3v) is 9.58. The quantitative estimate of drug-likeness (QED) is 0.366. The van der Waals surface area contributed by atoms with Gasteiger partial charge in [-0.3, -0.25) is 4.79 Å². The molecular weight excluding hydrogens is 529 g/mol. The molecule has 2 fully saturated rings. The normalized spacial score (nSPS) is 21.2. The van der Waals surface area contributed by atoms with Crippen molar-refractivity contribution in [3.05, 3.63) is 89.2 Å². The van der Waals surface area contributed by atoms with Gasteiger partial charge in [0, 0.05) is 23.2 Å². The van der Waals surface area contributed by atoms with Crippen LogP contribution in [0.2, 0.25) is 0 Å². The first-order valence-corrected chi connectivity index (χ1v) is 14.4. The number of carbonyl (C=O) groups excluding carboxylic acids is 1. The molecule has 3 aromatic rings. The van der Waals surface area contributed by atoms with E-state index >= 15 is 8.78 Å². The van der Waals surface area contributed by atoms with Gasteiger partial charge in [0.2, 0.25) is 15.9 Å². The Balaban J connectivity index is 1.43. The summed E-state index contributed by atoms with van der Waals surface area (Å²) < 4.78 is 78.2. The fraction of sp³-hybridized carbons (Fsp3) is 0.345. The van der Waals surface area contributed by atoms with Crippen LogP contribution in [0.1, 0.15) is 43.2 Å². The van der Waals surface area contributed by atoms with Crippen molar-refractivity contribution in [2.45, 2.75) is 56.4 Å². The maximum absolute atomic E-state index is 15.1. The van der Waals surface area contributed by atoms with Crippen LogP contribution in [0.25, 0.3) is 11.1 Å². The summed E-state index contributed by atoms with van der Waals surface area (Å²) in [5, 5.41) is -0.414. The van der Waals surface area contributed by atoms with Gasteiger partial charge < -0.3 is 10.5 Å². The number of halogens is 3. The maximum Gasteiger partial charge on any atom is 0.224 e. The first kappa shape index (κ1) is 27.2. The average molecular weight is 559 g/mol. The number of para-hydroxylation sites is 1. The third-order valence-electron chi connectivity index (χ3n) is 7.57. The van der Waals surface area contributed by atoms with E-state index in [-0.39, 0.29) is 48.3 Å². The molecule has 1 amide bonds. The number of nitrogens with one attached hydrogen (secondary N) is 1. The minimum Gasteiger partial charge on any atom is -0.485 e. The molecule has 2 aliphatic carbocycles. The van der Waals surface area contributed by atoms with E-state index in [1.165, 1.54) is 24.3 Å². The smallest absolute Gasteiger partial charge is 0.224 e. The molecule has 0 radical (unpaired) electrons. The zero-order valence-corrected chi connectivity index (χ0v) is 21.9. The van der Waals surface area contributed by atoms with E-state index in [4.69, 9.17) is 10.5 Å². The van der Waals surface area contributed by atoms with Gasteiger partial charge in [-0.1, -0.05) is 42.5 Å². The number of rotatable bonds is 10. The molecule has 39 heavy (non-hydrogen) atoms. The Morgan fingerprint density at radius 1 is 0.949 bits per heavy atom. The molecule has 0 bridgehead atoms. The number of primary amides is 1. The van der Waals surface area contributed by atoms with Gasteiger partial charge in [-0.25, -0.2) is 26.3 Å².